The molecule has 2 N–H and O–H groups in total. The lowest BCUT2D eigenvalue weighted by Gasteiger charge is -2.19. The number of aromatic hydroxyl groups is 1. The zero-order valence-electron chi connectivity index (χ0n) is 32.2. The van der Waals surface area contributed by atoms with E-state index in [1.165, 1.54) is 7.11 Å². The highest BCUT2D eigenvalue weighted by molar-refractivity contribution is 9.10. The first-order valence-electron chi connectivity index (χ1n) is 18.1. The van der Waals surface area contributed by atoms with Crippen molar-refractivity contribution in [2.45, 2.75) is 38.1 Å². The highest BCUT2D eigenvalue weighted by atomic mass is 79.9. The van der Waals surface area contributed by atoms with E-state index in [2.05, 4.69) is 57.0 Å². The molecule has 0 saturated carbocycles. The third-order valence-corrected chi connectivity index (χ3v) is 10.1. The summed E-state index contributed by atoms with van der Waals surface area (Å²) in [5.74, 6) is -2.01. The third-order valence-electron chi connectivity index (χ3n) is 8.71. The van der Waals surface area contributed by atoms with E-state index in [1.807, 2.05) is 30.3 Å². The minimum absolute atomic E-state index is 0. The molecule has 0 aliphatic rings. The van der Waals surface area contributed by atoms with Crippen molar-refractivity contribution in [2.75, 3.05) is 7.11 Å². The molecule has 0 radical (unpaired) electrons. The normalized spacial score (nSPS) is 12.0. The molecule has 0 aliphatic heterocycles. The van der Waals surface area contributed by atoms with Gasteiger partial charge in [-0.1, -0.05) is 113 Å². The number of hydrogen-bond acceptors (Lipinski definition) is 9. The van der Waals surface area contributed by atoms with E-state index in [-0.39, 0.29) is 48.5 Å². The van der Waals surface area contributed by atoms with E-state index >= 15 is 0 Å². The first kappa shape index (κ1) is 50.8. The zero-order chi connectivity index (χ0) is 45.5. The van der Waals surface area contributed by atoms with E-state index in [1.54, 1.807) is 72.8 Å². The number of fused-ring (bicyclic) bond motifs is 2. The number of alkyl halides is 7. The molecule has 2 unspecified atom stereocenters. The SMILES string of the molecule is C.C.COC(=O)C(Br)c1ccccc1.O=C(O)C(Oc1ccc(C(F)(F)F)cc1-n1nc2ccccc2n1)c1cccc(Br)c1.Oc1ccc(C(F)(F)F)cc1-n1nc2ccccc2n1. The van der Waals surface area contributed by atoms with E-state index < -0.39 is 35.6 Å². The van der Waals surface area contributed by atoms with Crippen LogP contribution in [0.4, 0.5) is 26.3 Å². The summed E-state index contributed by atoms with van der Waals surface area (Å²) in [6.07, 6.45) is -10.6. The number of carbonyl (C=O) groups is 2. The van der Waals surface area contributed by atoms with Gasteiger partial charge < -0.3 is 19.7 Å². The number of aromatic nitrogens is 6. The molecule has 0 saturated heterocycles. The van der Waals surface area contributed by atoms with Gasteiger partial charge in [-0.2, -0.15) is 26.3 Å². The molecule has 8 rings (SSSR count). The smallest absolute Gasteiger partial charge is 0.416 e. The van der Waals surface area contributed by atoms with Crippen LogP contribution in [0.1, 0.15) is 48.0 Å². The molecule has 340 valence electrons. The number of benzene rings is 6. The van der Waals surface area contributed by atoms with Gasteiger partial charge in [0.2, 0.25) is 6.10 Å². The Morgan fingerprint density at radius 1 is 0.615 bits per heavy atom. The van der Waals surface area contributed by atoms with Crippen molar-refractivity contribution in [2.24, 2.45) is 0 Å². The zero-order valence-corrected chi connectivity index (χ0v) is 35.3. The molecule has 65 heavy (non-hydrogen) atoms. The van der Waals surface area contributed by atoms with Crippen molar-refractivity contribution in [3.63, 3.8) is 0 Å². The molecule has 8 aromatic rings. The van der Waals surface area contributed by atoms with Crippen LogP contribution < -0.4 is 4.74 Å². The molecule has 12 nitrogen and oxygen atoms in total. The van der Waals surface area contributed by atoms with Crippen molar-refractivity contribution >= 4 is 65.9 Å². The number of phenolic OH excluding ortho intramolecular Hbond substituents is 1. The Morgan fingerprint density at radius 3 is 1.52 bits per heavy atom. The number of rotatable bonds is 8. The van der Waals surface area contributed by atoms with Crippen LogP contribution in [0.2, 0.25) is 0 Å². The highest BCUT2D eigenvalue weighted by Gasteiger charge is 2.33. The minimum Gasteiger partial charge on any atom is -0.506 e. The summed E-state index contributed by atoms with van der Waals surface area (Å²) in [6.45, 7) is 0. The molecule has 0 spiro atoms. The van der Waals surface area contributed by atoms with Gasteiger partial charge in [-0.3, -0.25) is 4.79 Å². The summed E-state index contributed by atoms with van der Waals surface area (Å²) >= 11 is 6.51. The van der Waals surface area contributed by atoms with Crippen molar-refractivity contribution < 1.29 is 55.6 Å². The monoisotopic (exact) mass is 1030 g/mol. The maximum absolute atomic E-state index is 13.3. The molecule has 0 amide bonds. The molecule has 2 aromatic heterocycles. The second kappa shape index (κ2) is 21.7. The fraction of sp³-hybridized carbons (Fsp3) is 0.156. The summed E-state index contributed by atoms with van der Waals surface area (Å²) in [5, 5.41) is 35.9. The van der Waals surface area contributed by atoms with Gasteiger partial charge >= 0.3 is 24.3 Å². The van der Waals surface area contributed by atoms with Gasteiger partial charge in [0.05, 0.1) is 18.2 Å². The summed E-state index contributed by atoms with van der Waals surface area (Å²) < 4.78 is 88.9. The lowest BCUT2D eigenvalue weighted by molar-refractivity contribution is -0.145. The number of methoxy groups -OCH3 is 1. The molecular formula is C45H38Br2F6N6O6. The summed E-state index contributed by atoms with van der Waals surface area (Å²) in [5.41, 5.74) is 1.16. The van der Waals surface area contributed by atoms with E-state index in [0.717, 1.165) is 51.6 Å². The molecule has 0 aliphatic carbocycles. The van der Waals surface area contributed by atoms with Crippen LogP contribution in [0.3, 0.4) is 0 Å². The lowest BCUT2D eigenvalue weighted by Crippen LogP contribution is -2.19. The maximum Gasteiger partial charge on any atom is 0.416 e. The van der Waals surface area contributed by atoms with Crippen LogP contribution in [-0.4, -0.2) is 59.2 Å². The predicted octanol–water partition coefficient (Wildman–Crippen LogP) is 12.1. The van der Waals surface area contributed by atoms with Crippen molar-refractivity contribution in [1.29, 1.82) is 0 Å². The van der Waals surface area contributed by atoms with Crippen molar-refractivity contribution in [1.82, 2.24) is 30.0 Å². The third kappa shape index (κ3) is 12.7. The Bertz CT molecular complexity index is 2810. The molecule has 0 fully saturated rings. The van der Waals surface area contributed by atoms with Gasteiger partial charge in [0.15, 0.2) is 0 Å². The maximum atomic E-state index is 13.3. The molecule has 2 atom stereocenters. The number of carboxylic acids is 1. The summed E-state index contributed by atoms with van der Waals surface area (Å²) in [6, 6.07) is 34.8. The first-order chi connectivity index (χ1) is 29.9. The van der Waals surface area contributed by atoms with Crippen LogP contribution in [-0.2, 0) is 26.7 Å². The Hall–Kier alpha value is -6.80. The topological polar surface area (TPSA) is 154 Å². The average Bonchev–Trinajstić information content (AvgIpc) is 3.90. The number of aliphatic carboxylic acids is 1. The van der Waals surface area contributed by atoms with Gasteiger partial charge in [0, 0.05) is 10.0 Å². The van der Waals surface area contributed by atoms with E-state index in [4.69, 9.17) is 4.74 Å². The van der Waals surface area contributed by atoms with Gasteiger partial charge in [-0.05, 0) is 78.4 Å². The number of phenols is 1. The molecule has 2 heterocycles. The number of halogens is 8. The van der Waals surface area contributed by atoms with Crippen LogP contribution in [0, 0.1) is 0 Å². The predicted molar refractivity (Wildman–Crippen MR) is 238 cm³/mol. The second-order valence-electron chi connectivity index (χ2n) is 13.0. The van der Waals surface area contributed by atoms with E-state index in [9.17, 15) is 46.1 Å². The van der Waals surface area contributed by atoms with Crippen molar-refractivity contribution in [3.8, 4) is 22.9 Å². The van der Waals surface area contributed by atoms with Crippen LogP contribution >= 0.6 is 31.9 Å². The lowest BCUT2D eigenvalue weighted by atomic mass is 10.1. The van der Waals surface area contributed by atoms with Gasteiger partial charge in [-0.25, -0.2) is 4.79 Å². The molecular weight excluding hydrogens is 994 g/mol. The molecule has 6 aromatic carbocycles. The number of esters is 1. The van der Waals surface area contributed by atoms with Crippen LogP contribution in [0.5, 0.6) is 11.5 Å². The molecule has 0 bridgehead atoms. The van der Waals surface area contributed by atoms with Crippen LogP contribution in [0.25, 0.3) is 33.4 Å². The van der Waals surface area contributed by atoms with Crippen molar-refractivity contribution in [3.05, 3.63) is 166 Å². The number of hydrogen-bond donors (Lipinski definition) is 2. The fourth-order valence-corrected chi connectivity index (χ4v) is 6.57. The Balaban J connectivity index is 0.000000233. The largest absolute Gasteiger partial charge is 0.506 e. The quantitative estimate of drug-likeness (QED) is 0.0854. The van der Waals surface area contributed by atoms with Gasteiger partial charge in [0.1, 0.15) is 49.8 Å². The van der Waals surface area contributed by atoms with E-state index in [0.29, 0.717) is 32.1 Å². The molecule has 20 heteroatoms. The summed E-state index contributed by atoms with van der Waals surface area (Å²) in [4.78, 5) is 24.6. The first-order valence-corrected chi connectivity index (χ1v) is 19.8. The number of nitrogens with zero attached hydrogens (tertiary/aromatic N) is 6. The van der Waals surface area contributed by atoms with Gasteiger partial charge in [-0.15, -0.1) is 30.0 Å². The number of ether oxygens (including phenoxy) is 2. The Morgan fingerprint density at radius 2 is 1.06 bits per heavy atom. The number of carbonyl (C=O) groups excluding carboxylic acids is 1. The van der Waals surface area contributed by atoms with Crippen LogP contribution in [0.15, 0.2) is 144 Å². The summed E-state index contributed by atoms with van der Waals surface area (Å²) in [7, 11) is 1.37. The average molecular weight is 1030 g/mol. The number of carboxylic acid groups (broad SMARTS) is 1. The Kier molecular flexibility index (Phi) is 17.0. The highest BCUT2D eigenvalue weighted by Crippen LogP contribution is 2.37. The Labute approximate surface area is 384 Å². The minimum atomic E-state index is -4.61. The second-order valence-corrected chi connectivity index (χ2v) is 14.9. The van der Waals surface area contributed by atoms with Gasteiger partial charge in [0.25, 0.3) is 0 Å². The fourth-order valence-electron chi connectivity index (χ4n) is 5.66. The standard InChI is InChI=1S/C21H13BrF3N3O3.C13H8F3N3O.C9H9BrO2.2CH4/c22-14-5-3-4-12(10-14)19(20(29)30)31-18-9-8-13(21(23,24)25)11-17(18)28-26-15-6-1-2-7-16(15)27-28;14-13(15,16)8-5-6-12(20)11(7-8)19-17-9-3-1-2-4-10(9)18-19;1-12-9(11)8(10)7-5-3-2-4-6-7;;/h1-11,19H,(H,29,30);1-7,20H;2-6,8H,1H3;2*1H4.